The molecule has 0 amide bonds. The molecule has 1 aromatic heterocycles. The summed E-state index contributed by atoms with van der Waals surface area (Å²) >= 11 is 3.25. The van der Waals surface area contributed by atoms with Crippen LogP contribution in [0.2, 0.25) is 0 Å². The highest BCUT2D eigenvalue weighted by molar-refractivity contribution is 9.10. The van der Waals surface area contributed by atoms with Crippen molar-refractivity contribution in [1.82, 2.24) is 9.97 Å². The first kappa shape index (κ1) is 10.8. The van der Waals surface area contributed by atoms with Crippen LogP contribution in [0, 0.1) is 5.92 Å². The molecule has 1 aromatic rings. The summed E-state index contributed by atoms with van der Waals surface area (Å²) in [5.74, 6) is 1.16. The molecule has 82 valence electrons. The Balaban J connectivity index is 1.81. The summed E-state index contributed by atoms with van der Waals surface area (Å²) in [6, 6.07) is 0. The predicted molar refractivity (Wildman–Crippen MR) is 58.8 cm³/mol. The molecule has 1 fully saturated rings. The van der Waals surface area contributed by atoms with Crippen molar-refractivity contribution in [2.24, 2.45) is 5.92 Å². The van der Waals surface area contributed by atoms with E-state index in [9.17, 15) is 0 Å². The highest BCUT2D eigenvalue weighted by Gasteiger charge is 2.14. The van der Waals surface area contributed by atoms with E-state index in [0.29, 0.717) is 23.0 Å². The number of rotatable bonds is 3. The Kier molecular flexibility index (Phi) is 3.91. The first-order chi connectivity index (χ1) is 7.34. The molecular formula is C10H13BrN2O2. The van der Waals surface area contributed by atoms with Gasteiger partial charge in [-0.25, -0.2) is 4.98 Å². The van der Waals surface area contributed by atoms with Crippen molar-refractivity contribution in [3.8, 4) is 5.88 Å². The van der Waals surface area contributed by atoms with Crippen LogP contribution >= 0.6 is 15.9 Å². The van der Waals surface area contributed by atoms with E-state index in [1.807, 2.05) is 0 Å². The van der Waals surface area contributed by atoms with Crippen LogP contribution in [-0.2, 0) is 4.74 Å². The van der Waals surface area contributed by atoms with E-state index in [0.717, 1.165) is 26.1 Å². The fourth-order valence-electron chi connectivity index (χ4n) is 1.51. The average molecular weight is 273 g/mol. The monoisotopic (exact) mass is 272 g/mol. The fraction of sp³-hybridized carbons (Fsp3) is 0.600. The molecule has 15 heavy (non-hydrogen) atoms. The summed E-state index contributed by atoms with van der Waals surface area (Å²) in [5.41, 5.74) is 0. The number of hydrogen-bond donors (Lipinski definition) is 0. The highest BCUT2D eigenvalue weighted by Crippen LogP contribution is 2.17. The Morgan fingerprint density at radius 1 is 1.40 bits per heavy atom. The number of nitrogens with zero attached hydrogens (tertiary/aromatic N) is 2. The molecule has 1 saturated heterocycles. The molecule has 2 rings (SSSR count). The van der Waals surface area contributed by atoms with Gasteiger partial charge in [-0.1, -0.05) is 0 Å². The van der Waals surface area contributed by atoms with Gasteiger partial charge in [0.1, 0.15) is 4.60 Å². The minimum Gasteiger partial charge on any atom is -0.476 e. The van der Waals surface area contributed by atoms with Crippen molar-refractivity contribution < 1.29 is 9.47 Å². The molecule has 0 atom stereocenters. The van der Waals surface area contributed by atoms with Gasteiger partial charge in [-0.05, 0) is 34.7 Å². The molecule has 4 nitrogen and oxygen atoms in total. The Morgan fingerprint density at radius 3 is 2.93 bits per heavy atom. The molecule has 1 aliphatic rings. The van der Waals surface area contributed by atoms with Crippen LogP contribution in [0.4, 0.5) is 0 Å². The Morgan fingerprint density at radius 2 is 2.20 bits per heavy atom. The second kappa shape index (κ2) is 5.42. The Hall–Kier alpha value is -0.680. The first-order valence-electron chi connectivity index (χ1n) is 5.02. The van der Waals surface area contributed by atoms with Gasteiger partial charge in [0.15, 0.2) is 0 Å². The quantitative estimate of drug-likeness (QED) is 0.845. The van der Waals surface area contributed by atoms with E-state index >= 15 is 0 Å². The Labute approximate surface area is 97.1 Å². The van der Waals surface area contributed by atoms with E-state index in [-0.39, 0.29) is 0 Å². The normalized spacial score (nSPS) is 17.7. The van der Waals surface area contributed by atoms with Crippen LogP contribution < -0.4 is 4.74 Å². The number of aromatic nitrogens is 2. The smallest absolute Gasteiger partial charge is 0.233 e. The average Bonchev–Trinajstić information content (AvgIpc) is 2.28. The Bertz CT molecular complexity index is 316. The van der Waals surface area contributed by atoms with Gasteiger partial charge in [-0.2, -0.15) is 0 Å². The van der Waals surface area contributed by atoms with E-state index < -0.39 is 0 Å². The maximum absolute atomic E-state index is 5.57. The van der Waals surface area contributed by atoms with Gasteiger partial charge in [0.25, 0.3) is 0 Å². The lowest BCUT2D eigenvalue weighted by molar-refractivity contribution is 0.0489. The molecular weight excluding hydrogens is 260 g/mol. The molecule has 0 radical (unpaired) electrons. The number of halogens is 1. The van der Waals surface area contributed by atoms with Gasteiger partial charge in [0.2, 0.25) is 5.88 Å². The van der Waals surface area contributed by atoms with Crippen molar-refractivity contribution in [1.29, 1.82) is 0 Å². The van der Waals surface area contributed by atoms with Crippen LogP contribution in [0.3, 0.4) is 0 Å². The zero-order valence-electron chi connectivity index (χ0n) is 8.36. The molecule has 0 spiro atoms. The molecule has 2 heterocycles. The molecule has 0 unspecified atom stereocenters. The molecule has 0 aromatic carbocycles. The van der Waals surface area contributed by atoms with Gasteiger partial charge in [-0.3, -0.25) is 4.98 Å². The molecule has 5 heteroatoms. The standard InChI is InChI=1S/C10H13BrN2O2/c11-9-5-12-6-10(13-9)15-7-8-1-3-14-4-2-8/h5-6,8H,1-4,7H2. The van der Waals surface area contributed by atoms with E-state index in [2.05, 4.69) is 25.9 Å². The van der Waals surface area contributed by atoms with Crippen molar-refractivity contribution in [3.05, 3.63) is 17.0 Å². The summed E-state index contributed by atoms with van der Waals surface area (Å²) in [7, 11) is 0. The van der Waals surface area contributed by atoms with Gasteiger partial charge in [0, 0.05) is 13.2 Å². The highest BCUT2D eigenvalue weighted by atomic mass is 79.9. The van der Waals surface area contributed by atoms with E-state index in [1.54, 1.807) is 12.4 Å². The third-order valence-corrected chi connectivity index (χ3v) is 2.77. The molecule has 0 N–H and O–H groups in total. The molecule has 0 saturated carbocycles. The molecule has 0 aliphatic carbocycles. The van der Waals surface area contributed by atoms with Crippen LogP contribution in [-0.4, -0.2) is 29.8 Å². The topological polar surface area (TPSA) is 44.2 Å². The summed E-state index contributed by atoms with van der Waals surface area (Å²) in [6.07, 6.45) is 5.41. The largest absolute Gasteiger partial charge is 0.476 e. The summed E-state index contributed by atoms with van der Waals surface area (Å²) in [6.45, 7) is 2.39. The van der Waals surface area contributed by atoms with Crippen LogP contribution in [0.15, 0.2) is 17.0 Å². The van der Waals surface area contributed by atoms with Crippen molar-refractivity contribution in [2.45, 2.75) is 12.8 Å². The van der Waals surface area contributed by atoms with Gasteiger partial charge >= 0.3 is 0 Å². The van der Waals surface area contributed by atoms with Gasteiger partial charge in [-0.15, -0.1) is 0 Å². The maximum Gasteiger partial charge on any atom is 0.233 e. The number of ether oxygens (including phenoxy) is 2. The van der Waals surface area contributed by atoms with Crippen molar-refractivity contribution >= 4 is 15.9 Å². The summed E-state index contributed by atoms with van der Waals surface area (Å²) < 4.78 is 11.5. The van der Waals surface area contributed by atoms with Crippen molar-refractivity contribution in [2.75, 3.05) is 19.8 Å². The zero-order chi connectivity index (χ0) is 10.5. The van der Waals surface area contributed by atoms with E-state index in [4.69, 9.17) is 9.47 Å². The number of hydrogen-bond acceptors (Lipinski definition) is 4. The fourth-order valence-corrected chi connectivity index (χ4v) is 1.80. The second-order valence-corrected chi connectivity index (χ2v) is 4.36. The maximum atomic E-state index is 5.57. The minimum atomic E-state index is 0.580. The lowest BCUT2D eigenvalue weighted by Gasteiger charge is -2.21. The summed E-state index contributed by atoms with van der Waals surface area (Å²) in [4.78, 5) is 8.15. The van der Waals surface area contributed by atoms with Crippen molar-refractivity contribution in [3.63, 3.8) is 0 Å². The van der Waals surface area contributed by atoms with Crippen LogP contribution in [0.1, 0.15) is 12.8 Å². The first-order valence-corrected chi connectivity index (χ1v) is 5.82. The predicted octanol–water partition coefficient (Wildman–Crippen LogP) is 2.04. The van der Waals surface area contributed by atoms with Gasteiger partial charge in [0.05, 0.1) is 19.0 Å². The zero-order valence-corrected chi connectivity index (χ0v) is 9.94. The molecule has 0 bridgehead atoms. The second-order valence-electron chi connectivity index (χ2n) is 3.55. The van der Waals surface area contributed by atoms with Gasteiger partial charge < -0.3 is 9.47 Å². The lowest BCUT2D eigenvalue weighted by Crippen LogP contribution is -2.21. The molecule has 1 aliphatic heterocycles. The lowest BCUT2D eigenvalue weighted by atomic mass is 10.0. The van der Waals surface area contributed by atoms with Crippen LogP contribution in [0.25, 0.3) is 0 Å². The van der Waals surface area contributed by atoms with Crippen LogP contribution in [0.5, 0.6) is 5.88 Å². The third kappa shape index (κ3) is 3.43. The third-order valence-electron chi connectivity index (χ3n) is 2.39. The minimum absolute atomic E-state index is 0.580. The van der Waals surface area contributed by atoms with E-state index in [1.165, 1.54) is 0 Å². The SMILES string of the molecule is Brc1cncc(OCC2CCOCC2)n1. The summed E-state index contributed by atoms with van der Waals surface area (Å²) in [5, 5.41) is 0.